The fraction of sp³-hybridized carbons (Fsp3) is 0. The molecule has 0 saturated carbocycles. The summed E-state index contributed by atoms with van der Waals surface area (Å²) in [5.74, 6) is -0.984. The van der Waals surface area contributed by atoms with Crippen molar-refractivity contribution in [2.45, 2.75) is 9.79 Å². The molecule has 0 radical (unpaired) electrons. The van der Waals surface area contributed by atoms with Crippen molar-refractivity contribution in [3.8, 4) is 6.07 Å². The molecule has 19 heavy (non-hydrogen) atoms. The Kier molecular flexibility index (Phi) is 4.20. The first-order valence-electron chi connectivity index (χ1n) is 5.17. The highest BCUT2D eigenvalue weighted by Crippen LogP contribution is 2.30. The molecule has 2 rings (SSSR count). The Morgan fingerprint density at radius 3 is 2.74 bits per heavy atom. The fourth-order valence-corrected chi connectivity index (χ4v) is 2.70. The van der Waals surface area contributed by atoms with Gasteiger partial charge in [0.1, 0.15) is 11.8 Å². The van der Waals surface area contributed by atoms with Crippen LogP contribution in [0.4, 0.5) is 0 Å². The summed E-state index contributed by atoms with van der Waals surface area (Å²) in [6.07, 6.45) is 1.55. The number of hydrogen-bond acceptors (Lipinski definition) is 4. The molecule has 0 bridgehead atoms. The number of carbonyl (C=O) groups is 1. The molecule has 0 aliphatic heterocycles. The van der Waals surface area contributed by atoms with Crippen LogP contribution in [0.5, 0.6) is 0 Å². The van der Waals surface area contributed by atoms with E-state index in [1.165, 1.54) is 11.8 Å². The number of carboxylic acids is 1. The van der Waals surface area contributed by atoms with Crippen molar-refractivity contribution < 1.29 is 9.90 Å². The number of halogens is 1. The molecule has 0 aliphatic carbocycles. The standard InChI is InChI=1S/C13H7BrN2O2S/c14-12-2-1-9(6-11(12)13(17)18)19-10-3-4-16-8(5-10)7-15/h1-6H,(H,17,18). The molecule has 0 spiro atoms. The second kappa shape index (κ2) is 5.87. The lowest BCUT2D eigenvalue weighted by molar-refractivity contribution is 0.0695. The third-order valence-electron chi connectivity index (χ3n) is 2.25. The highest BCUT2D eigenvalue weighted by molar-refractivity contribution is 9.10. The number of hydrogen-bond donors (Lipinski definition) is 1. The molecule has 1 heterocycles. The van der Waals surface area contributed by atoms with Gasteiger partial charge in [-0.1, -0.05) is 11.8 Å². The van der Waals surface area contributed by atoms with Crippen molar-refractivity contribution in [3.63, 3.8) is 0 Å². The van der Waals surface area contributed by atoms with Crippen molar-refractivity contribution in [3.05, 3.63) is 52.3 Å². The van der Waals surface area contributed by atoms with E-state index in [-0.39, 0.29) is 5.56 Å². The average Bonchev–Trinajstić information content (AvgIpc) is 2.41. The van der Waals surface area contributed by atoms with Crippen LogP contribution >= 0.6 is 27.7 Å². The number of aromatic nitrogens is 1. The Balaban J connectivity index is 2.31. The van der Waals surface area contributed by atoms with Gasteiger partial charge in [0.05, 0.1) is 5.56 Å². The summed E-state index contributed by atoms with van der Waals surface area (Å²) in [4.78, 5) is 16.5. The Morgan fingerprint density at radius 2 is 2.05 bits per heavy atom. The molecule has 0 saturated heterocycles. The minimum Gasteiger partial charge on any atom is -0.478 e. The molecule has 0 aliphatic rings. The first kappa shape index (κ1) is 13.6. The second-order valence-corrected chi connectivity index (χ2v) is 5.54. The number of rotatable bonds is 3. The zero-order chi connectivity index (χ0) is 13.8. The smallest absolute Gasteiger partial charge is 0.336 e. The summed E-state index contributed by atoms with van der Waals surface area (Å²) in [5, 5.41) is 17.8. The van der Waals surface area contributed by atoms with Gasteiger partial charge < -0.3 is 5.11 Å². The molecule has 1 N–H and O–H groups in total. The van der Waals surface area contributed by atoms with Gasteiger partial charge in [-0.25, -0.2) is 9.78 Å². The summed E-state index contributed by atoms with van der Waals surface area (Å²) in [5.41, 5.74) is 0.542. The van der Waals surface area contributed by atoms with Crippen molar-refractivity contribution in [2.24, 2.45) is 0 Å². The van der Waals surface area contributed by atoms with Crippen LogP contribution in [0.15, 0.2) is 50.8 Å². The van der Waals surface area contributed by atoms with Crippen molar-refractivity contribution in [1.29, 1.82) is 5.26 Å². The number of nitriles is 1. The molecule has 0 atom stereocenters. The molecule has 4 nitrogen and oxygen atoms in total. The molecule has 1 aromatic carbocycles. The zero-order valence-electron chi connectivity index (χ0n) is 9.50. The van der Waals surface area contributed by atoms with E-state index >= 15 is 0 Å². The second-order valence-electron chi connectivity index (χ2n) is 3.54. The predicted octanol–water partition coefficient (Wildman–Crippen LogP) is 3.57. The van der Waals surface area contributed by atoms with Crippen LogP contribution in [0, 0.1) is 11.3 Å². The number of aromatic carboxylic acids is 1. The van der Waals surface area contributed by atoms with E-state index in [0.29, 0.717) is 10.2 Å². The van der Waals surface area contributed by atoms with Gasteiger partial charge in [-0.15, -0.1) is 0 Å². The first-order chi connectivity index (χ1) is 9.10. The normalized spacial score (nSPS) is 9.89. The monoisotopic (exact) mass is 334 g/mol. The lowest BCUT2D eigenvalue weighted by Crippen LogP contribution is -1.97. The maximum Gasteiger partial charge on any atom is 0.336 e. The first-order valence-corrected chi connectivity index (χ1v) is 6.78. The van der Waals surface area contributed by atoms with Crippen LogP contribution in [0.2, 0.25) is 0 Å². The van der Waals surface area contributed by atoms with Gasteiger partial charge in [0.25, 0.3) is 0 Å². The van der Waals surface area contributed by atoms with Crippen molar-refractivity contribution in [1.82, 2.24) is 4.98 Å². The molecule has 6 heteroatoms. The van der Waals surface area contributed by atoms with E-state index in [2.05, 4.69) is 20.9 Å². The SMILES string of the molecule is N#Cc1cc(Sc2ccc(Br)c(C(=O)O)c2)ccn1. The van der Waals surface area contributed by atoms with Gasteiger partial charge in [0.2, 0.25) is 0 Å². The summed E-state index contributed by atoms with van der Waals surface area (Å²) in [7, 11) is 0. The Bertz CT molecular complexity index is 683. The van der Waals surface area contributed by atoms with E-state index in [9.17, 15) is 4.79 Å². The highest BCUT2D eigenvalue weighted by atomic mass is 79.9. The molecule has 0 amide bonds. The predicted molar refractivity (Wildman–Crippen MR) is 74.2 cm³/mol. The molecular formula is C13H7BrN2O2S. The van der Waals surface area contributed by atoms with Crippen LogP contribution in [-0.4, -0.2) is 16.1 Å². The third kappa shape index (κ3) is 3.34. The van der Waals surface area contributed by atoms with Crippen LogP contribution in [0.1, 0.15) is 16.1 Å². The minimum absolute atomic E-state index is 0.208. The van der Waals surface area contributed by atoms with E-state index in [0.717, 1.165) is 9.79 Å². The van der Waals surface area contributed by atoms with Gasteiger partial charge in [-0.05, 0) is 46.3 Å². The average molecular weight is 335 g/mol. The number of carboxylic acid groups (broad SMARTS) is 1. The largest absolute Gasteiger partial charge is 0.478 e. The topological polar surface area (TPSA) is 74.0 Å². The molecule has 1 aromatic heterocycles. The van der Waals surface area contributed by atoms with E-state index < -0.39 is 5.97 Å². The highest BCUT2D eigenvalue weighted by Gasteiger charge is 2.09. The lowest BCUT2D eigenvalue weighted by atomic mass is 10.2. The van der Waals surface area contributed by atoms with Crippen molar-refractivity contribution in [2.75, 3.05) is 0 Å². The fourth-order valence-electron chi connectivity index (χ4n) is 1.40. The molecular weight excluding hydrogens is 328 g/mol. The maximum absolute atomic E-state index is 11.0. The van der Waals surface area contributed by atoms with Gasteiger partial charge in [-0.3, -0.25) is 0 Å². The van der Waals surface area contributed by atoms with Gasteiger partial charge in [0, 0.05) is 20.5 Å². The van der Waals surface area contributed by atoms with E-state index in [1.807, 2.05) is 12.1 Å². The summed E-state index contributed by atoms with van der Waals surface area (Å²) in [6.45, 7) is 0. The van der Waals surface area contributed by atoms with Crippen LogP contribution < -0.4 is 0 Å². The Labute approximate surface area is 122 Å². The van der Waals surface area contributed by atoms with Crippen LogP contribution in [0.25, 0.3) is 0 Å². The molecule has 0 fully saturated rings. The molecule has 94 valence electrons. The molecule has 2 aromatic rings. The van der Waals surface area contributed by atoms with Crippen LogP contribution in [0.3, 0.4) is 0 Å². The Morgan fingerprint density at radius 1 is 1.32 bits per heavy atom. The minimum atomic E-state index is -0.984. The molecule has 0 unspecified atom stereocenters. The quantitative estimate of drug-likeness (QED) is 0.928. The van der Waals surface area contributed by atoms with Crippen LogP contribution in [-0.2, 0) is 0 Å². The zero-order valence-corrected chi connectivity index (χ0v) is 11.9. The summed E-state index contributed by atoms with van der Waals surface area (Å²) >= 11 is 4.58. The van der Waals surface area contributed by atoms with Gasteiger partial charge >= 0.3 is 5.97 Å². The van der Waals surface area contributed by atoms with Gasteiger partial charge in [-0.2, -0.15) is 5.26 Å². The summed E-state index contributed by atoms with van der Waals surface area (Å²) in [6, 6.07) is 10.5. The lowest BCUT2D eigenvalue weighted by Gasteiger charge is -2.04. The number of benzene rings is 1. The maximum atomic E-state index is 11.0. The van der Waals surface area contributed by atoms with E-state index in [1.54, 1.807) is 30.5 Å². The third-order valence-corrected chi connectivity index (χ3v) is 3.92. The van der Waals surface area contributed by atoms with Gasteiger partial charge in [0.15, 0.2) is 0 Å². The number of nitrogens with zero attached hydrogens (tertiary/aromatic N) is 2. The van der Waals surface area contributed by atoms with Crippen molar-refractivity contribution >= 4 is 33.7 Å². The number of pyridine rings is 1. The Hall–Kier alpha value is -1.84. The summed E-state index contributed by atoms with van der Waals surface area (Å²) < 4.78 is 0.539. The van der Waals surface area contributed by atoms with E-state index in [4.69, 9.17) is 10.4 Å².